The third-order valence-corrected chi connectivity index (χ3v) is 4.46. The van der Waals surface area contributed by atoms with Crippen LogP contribution in [0.25, 0.3) is 0 Å². The lowest BCUT2D eigenvalue weighted by atomic mass is 9.88. The molecule has 3 rings (SSSR count). The van der Waals surface area contributed by atoms with E-state index in [-0.39, 0.29) is 11.2 Å². The molecule has 0 atom stereocenters. The molecule has 0 amide bonds. The van der Waals surface area contributed by atoms with Crippen LogP contribution in [0.15, 0.2) is 40.9 Å². The number of nitrogens with zero attached hydrogens (tertiary/aromatic N) is 4. The van der Waals surface area contributed by atoms with E-state index in [1.807, 2.05) is 44.2 Å². The summed E-state index contributed by atoms with van der Waals surface area (Å²) in [5.74, 6) is 2.65. The summed E-state index contributed by atoms with van der Waals surface area (Å²) in [7, 11) is 0. The van der Waals surface area contributed by atoms with Gasteiger partial charge in [0.2, 0.25) is 11.9 Å². The van der Waals surface area contributed by atoms with Gasteiger partial charge in [0, 0.05) is 24.9 Å². The minimum atomic E-state index is 0.0124. The van der Waals surface area contributed by atoms with Crippen LogP contribution in [0.5, 0.6) is 0 Å². The van der Waals surface area contributed by atoms with E-state index < -0.39 is 0 Å². The predicted molar refractivity (Wildman–Crippen MR) is 121 cm³/mol. The van der Waals surface area contributed by atoms with Gasteiger partial charge in [-0.15, -0.1) is 0 Å². The fourth-order valence-corrected chi connectivity index (χ4v) is 3.13. The maximum absolute atomic E-state index is 12.2. The summed E-state index contributed by atoms with van der Waals surface area (Å²) in [6, 6.07) is 7.81. The number of hydrogen-bond donors (Lipinski definition) is 2. The Morgan fingerprint density at radius 3 is 2.27 bits per heavy atom. The van der Waals surface area contributed by atoms with Gasteiger partial charge < -0.3 is 10.6 Å². The molecule has 0 saturated carbocycles. The van der Waals surface area contributed by atoms with Crippen LogP contribution in [0.4, 0.5) is 17.6 Å². The summed E-state index contributed by atoms with van der Waals surface area (Å²) in [6.45, 7) is 11.0. The molecule has 0 fully saturated rings. The van der Waals surface area contributed by atoms with E-state index in [0.717, 1.165) is 17.1 Å². The van der Waals surface area contributed by atoms with Crippen LogP contribution in [0, 0.1) is 5.41 Å². The third kappa shape index (κ3) is 6.47. The Hall–Kier alpha value is -3.09. The van der Waals surface area contributed by atoms with Crippen LogP contribution in [-0.2, 0) is 17.6 Å². The first-order chi connectivity index (χ1) is 14.2. The number of aromatic nitrogens is 3. The van der Waals surface area contributed by atoms with E-state index in [1.165, 1.54) is 5.57 Å². The van der Waals surface area contributed by atoms with Crippen LogP contribution >= 0.6 is 0 Å². The number of aryl methyl sites for hydroxylation is 1. The largest absolute Gasteiger partial charge is 0.324 e. The highest BCUT2D eigenvalue weighted by atomic mass is 16.1. The molecule has 1 aliphatic rings. The average Bonchev–Trinajstić information content (AvgIpc) is 3.06. The Balaban J connectivity index is 1.68. The van der Waals surface area contributed by atoms with E-state index in [9.17, 15) is 4.79 Å². The van der Waals surface area contributed by atoms with Gasteiger partial charge in [0.1, 0.15) is 17.4 Å². The van der Waals surface area contributed by atoms with Crippen molar-refractivity contribution in [1.82, 2.24) is 15.0 Å². The van der Waals surface area contributed by atoms with Crippen LogP contribution in [0.2, 0.25) is 0 Å². The monoisotopic (exact) mass is 406 g/mol. The van der Waals surface area contributed by atoms with Gasteiger partial charge in [0.25, 0.3) is 0 Å². The van der Waals surface area contributed by atoms with Crippen molar-refractivity contribution in [3.8, 4) is 0 Å². The lowest BCUT2D eigenvalue weighted by molar-refractivity contribution is -0.120. The number of carbonyl (C=O) groups is 1. The van der Waals surface area contributed by atoms with Gasteiger partial charge in [-0.2, -0.15) is 15.0 Å². The molecule has 0 saturated heterocycles. The summed E-state index contributed by atoms with van der Waals surface area (Å²) >= 11 is 0. The van der Waals surface area contributed by atoms with Crippen molar-refractivity contribution in [2.45, 2.75) is 53.9 Å². The molecule has 0 unspecified atom stereocenters. The molecule has 1 aromatic carbocycles. The standard InChI is InChI=1S/C23H30N6O/c1-6-19-26-21(29-22(27-19)28-20-11-15(2)14-24-20)25-17-9-7-16(8-10-17)12-18(30)13-23(3,4)5/h7-11H,6,12-14H2,1-5H3,(H2,24,25,26,27,28,29). The highest BCUT2D eigenvalue weighted by Gasteiger charge is 2.16. The van der Waals surface area contributed by atoms with Gasteiger partial charge in [0.15, 0.2) is 0 Å². The van der Waals surface area contributed by atoms with Crippen LogP contribution < -0.4 is 10.6 Å². The zero-order chi connectivity index (χ0) is 21.7. The van der Waals surface area contributed by atoms with Gasteiger partial charge in [-0.1, -0.05) is 39.8 Å². The molecule has 2 aromatic rings. The summed E-state index contributed by atoms with van der Waals surface area (Å²) in [5.41, 5.74) is 3.07. The minimum Gasteiger partial charge on any atom is -0.324 e. The van der Waals surface area contributed by atoms with E-state index in [0.29, 0.717) is 43.5 Å². The highest BCUT2D eigenvalue weighted by molar-refractivity contribution is 6.04. The second kappa shape index (κ2) is 9.15. The maximum atomic E-state index is 12.2. The molecule has 2 N–H and O–H groups in total. The number of anilines is 3. The molecule has 7 nitrogen and oxygen atoms in total. The van der Waals surface area contributed by atoms with Gasteiger partial charge in [-0.3, -0.25) is 9.79 Å². The number of carbonyl (C=O) groups excluding carboxylic acids is 1. The van der Waals surface area contributed by atoms with Crippen LogP contribution in [0.3, 0.4) is 0 Å². The number of Topliss-reactive ketones (excluding diaryl/α,β-unsaturated/α-hetero) is 1. The van der Waals surface area contributed by atoms with Crippen molar-refractivity contribution in [1.29, 1.82) is 0 Å². The summed E-state index contributed by atoms with van der Waals surface area (Å²) in [6.07, 6.45) is 3.71. The Labute approximate surface area is 178 Å². The molecule has 2 heterocycles. The molecule has 0 spiro atoms. The lowest BCUT2D eigenvalue weighted by Crippen LogP contribution is -2.14. The van der Waals surface area contributed by atoms with E-state index >= 15 is 0 Å². The number of nitrogens with one attached hydrogen (secondary N) is 2. The van der Waals surface area contributed by atoms with Crippen LogP contribution in [-0.4, -0.2) is 33.1 Å². The Bertz CT molecular complexity index is 970. The normalized spacial score (nSPS) is 13.6. The summed E-state index contributed by atoms with van der Waals surface area (Å²) < 4.78 is 0. The second-order valence-electron chi connectivity index (χ2n) is 8.84. The molecule has 158 valence electrons. The first-order valence-electron chi connectivity index (χ1n) is 10.3. The van der Waals surface area contributed by atoms with Crippen molar-refractivity contribution in [3.63, 3.8) is 0 Å². The van der Waals surface area contributed by atoms with Crippen LogP contribution in [0.1, 0.15) is 52.4 Å². The number of hydrogen-bond acceptors (Lipinski definition) is 7. The molecule has 30 heavy (non-hydrogen) atoms. The SMILES string of the molecule is CCc1nc(NC2=NCC(C)=C2)nc(Nc2ccc(CC(=O)CC(C)(C)C)cc2)n1. The van der Waals surface area contributed by atoms with Gasteiger partial charge in [0.05, 0.1) is 6.54 Å². The second-order valence-corrected chi connectivity index (χ2v) is 8.84. The van der Waals surface area contributed by atoms with Gasteiger partial charge in [-0.05, 0) is 41.7 Å². The molecule has 7 heteroatoms. The van der Waals surface area contributed by atoms with Crippen molar-refractivity contribution < 1.29 is 4.79 Å². The molecular formula is C23H30N6O. The molecule has 0 bridgehead atoms. The smallest absolute Gasteiger partial charge is 0.233 e. The van der Waals surface area contributed by atoms with E-state index in [1.54, 1.807) is 0 Å². The third-order valence-electron chi connectivity index (χ3n) is 4.46. The Morgan fingerprint density at radius 2 is 1.70 bits per heavy atom. The number of benzene rings is 1. The topological polar surface area (TPSA) is 92.2 Å². The molecule has 1 aliphatic heterocycles. The Morgan fingerprint density at radius 1 is 1.03 bits per heavy atom. The van der Waals surface area contributed by atoms with E-state index in [2.05, 4.69) is 51.3 Å². The number of amidine groups is 1. The van der Waals surface area contributed by atoms with Crippen molar-refractivity contribution in [2.75, 3.05) is 17.2 Å². The number of ketones is 1. The van der Waals surface area contributed by atoms with Crippen molar-refractivity contribution >= 4 is 29.2 Å². The number of rotatable bonds is 7. The zero-order valence-electron chi connectivity index (χ0n) is 18.4. The van der Waals surface area contributed by atoms with Crippen molar-refractivity contribution in [2.24, 2.45) is 10.4 Å². The summed E-state index contributed by atoms with van der Waals surface area (Å²) in [5, 5.41) is 6.38. The highest BCUT2D eigenvalue weighted by Crippen LogP contribution is 2.21. The predicted octanol–water partition coefficient (Wildman–Crippen LogP) is 4.50. The minimum absolute atomic E-state index is 0.0124. The maximum Gasteiger partial charge on any atom is 0.233 e. The molecular weight excluding hydrogens is 376 g/mol. The van der Waals surface area contributed by atoms with Crippen molar-refractivity contribution in [3.05, 3.63) is 47.3 Å². The quantitative estimate of drug-likeness (QED) is 0.703. The fourth-order valence-electron chi connectivity index (χ4n) is 3.13. The Kier molecular flexibility index (Phi) is 6.59. The fraction of sp³-hybridized carbons (Fsp3) is 0.435. The first-order valence-corrected chi connectivity index (χ1v) is 10.3. The molecule has 1 aromatic heterocycles. The first kappa shape index (κ1) is 21.6. The molecule has 0 aliphatic carbocycles. The number of aliphatic imine (C=N–C) groups is 1. The van der Waals surface area contributed by atoms with Gasteiger partial charge in [-0.25, -0.2) is 0 Å². The van der Waals surface area contributed by atoms with Gasteiger partial charge >= 0.3 is 0 Å². The molecule has 0 radical (unpaired) electrons. The average molecular weight is 407 g/mol. The van der Waals surface area contributed by atoms with E-state index in [4.69, 9.17) is 0 Å². The summed E-state index contributed by atoms with van der Waals surface area (Å²) in [4.78, 5) is 30.0. The lowest BCUT2D eigenvalue weighted by Gasteiger charge is -2.16. The zero-order valence-corrected chi connectivity index (χ0v) is 18.4.